The molecule has 0 aromatic heterocycles. The summed E-state index contributed by atoms with van der Waals surface area (Å²) in [6.07, 6.45) is 1.40. The zero-order valence-electron chi connectivity index (χ0n) is 10.1. The number of hydrogen-bond acceptors (Lipinski definition) is 5. The van der Waals surface area contributed by atoms with Gasteiger partial charge >= 0.3 is 0 Å². The minimum Gasteiger partial charge on any atom is -0.464 e. The molecule has 0 amide bonds. The van der Waals surface area contributed by atoms with Crippen LogP contribution in [-0.2, 0) is 0 Å². The molecule has 0 aromatic rings. The lowest BCUT2D eigenvalue weighted by Crippen LogP contribution is -2.50. The Labute approximate surface area is 93.1 Å². The standard InChI is InChI=1S/C10H26N5/c1-4-10(3,7-11)14-6-5-8(2)15-9(12)13/h6,8-9,14-15H,4-5,7,11-13H2,1-3H3/q-1. The number of hydrogen-bond donors (Lipinski definition) is 5. The molecule has 0 saturated carbocycles. The normalized spacial score (nSPS) is 17.8. The summed E-state index contributed by atoms with van der Waals surface area (Å²) in [5.41, 5.74) is 16.5. The highest BCUT2D eigenvalue weighted by atomic mass is 15.2. The lowest BCUT2D eigenvalue weighted by atomic mass is 9.99. The van der Waals surface area contributed by atoms with Gasteiger partial charge in [-0.25, -0.2) is 0 Å². The van der Waals surface area contributed by atoms with Crippen molar-refractivity contribution < 1.29 is 0 Å². The van der Waals surface area contributed by atoms with Gasteiger partial charge in [0.15, 0.2) is 0 Å². The Morgan fingerprint density at radius 2 is 2.00 bits per heavy atom. The van der Waals surface area contributed by atoms with Gasteiger partial charge in [0.1, 0.15) is 6.29 Å². The molecule has 2 atom stereocenters. The molecule has 0 radical (unpaired) electrons. The van der Waals surface area contributed by atoms with Gasteiger partial charge < -0.3 is 22.5 Å². The second-order valence-electron chi connectivity index (χ2n) is 4.30. The fourth-order valence-electron chi connectivity index (χ4n) is 1.18. The minimum atomic E-state index is -0.458. The van der Waals surface area contributed by atoms with E-state index in [1.165, 1.54) is 0 Å². The third-order valence-electron chi connectivity index (χ3n) is 2.63. The van der Waals surface area contributed by atoms with Crippen molar-refractivity contribution in [3.8, 4) is 0 Å². The predicted molar refractivity (Wildman–Crippen MR) is 64.6 cm³/mol. The van der Waals surface area contributed by atoms with E-state index in [9.17, 15) is 0 Å². The molecular formula is C10H26N5-. The maximum absolute atomic E-state index is 5.68. The number of nitrogens with two attached hydrogens (primary N) is 3. The van der Waals surface area contributed by atoms with Crippen LogP contribution in [0.4, 0.5) is 0 Å². The Morgan fingerprint density at radius 3 is 2.40 bits per heavy atom. The highest BCUT2D eigenvalue weighted by Crippen LogP contribution is 2.08. The summed E-state index contributed by atoms with van der Waals surface area (Å²) in [6, 6.07) is 0.261. The second-order valence-corrected chi connectivity index (χ2v) is 4.30. The van der Waals surface area contributed by atoms with Crippen LogP contribution in [0.25, 0.3) is 0 Å². The van der Waals surface area contributed by atoms with Crippen LogP contribution in [0.2, 0.25) is 0 Å². The van der Waals surface area contributed by atoms with Gasteiger partial charge in [-0.2, -0.15) is 6.42 Å². The first-order chi connectivity index (χ1) is 6.93. The van der Waals surface area contributed by atoms with Crippen molar-refractivity contribution >= 4 is 0 Å². The van der Waals surface area contributed by atoms with Gasteiger partial charge in [-0.15, -0.1) is 0 Å². The third-order valence-corrected chi connectivity index (χ3v) is 2.63. The molecule has 0 aliphatic carbocycles. The molecular weight excluding hydrogens is 190 g/mol. The first-order valence-corrected chi connectivity index (χ1v) is 5.50. The van der Waals surface area contributed by atoms with E-state index in [1.54, 1.807) is 0 Å². The average Bonchev–Trinajstić information content (AvgIpc) is 2.16. The van der Waals surface area contributed by atoms with Gasteiger partial charge in [-0.3, -0.25) is 11.9 Å². The molecule has 5 nitrogen and oxygen atoms in total. The molecule has 92 valence electrons. The van der Waals surface area contributed by atoms with Crippen molar-refractivity contribution in [3.63, 3.8) is 0 Å². The van der Waals surface area contributed by atoms with E-state index in [-0.39, 0.29) is 11.6 Å². The van der Waals surface area contributed by atoms with Gasteiger partial charge in [0.05, 0.1) is 0 Å². The second kappa shape index (κ2) is 7.14. The van der Waals surface area contributed by atoms with Crippen molar-refractivity contribution in [2.24, 2.45) is 17.2 Å². The molecule has 0 rings (SSSR count). The Bertz CT molecular complexity index is 156. The molecule has 0 bridgehead atoms. The fourth-order valence-corrected chi connectivity index (χ4v) is 1.18. The Hall–Kier alpha value is -0.200. The molecule has 2 unspecified atom stereocenters. The quantitative estimate of drug-likeness (QED) is 0.276. The van der Waals surface area contributed by atoms with Crippen molar-refractivity contribution in [1.29, 1.82) is 0 Å². The topological polar surface area (TPSA) is 102 Å². The third kappa shape index (κ3) is 6.81. The summed E-state index contributed by atoms with van der Waals surface area (Å²) >= 11 is 0. The lowest BCUT2D eigenvalue weighted by Gasteiger charge is -2.36. The Morgan fingerprint density at radius 1 is 1.40 bits per heavy atom. The van der Waals surface area contributed by atoms with Crippen molar-refractivity contribution in [3.05, 3.63) is 6.54 Å². The first-order valence-electron chi connectivity index (χ1n) is 5.50. The zero-order chi connectivity index (χ0) is 11.9. The van der Waals surface area contributed by atoms with Gasteiger partial charge in [0, 0.05) is 12.1 Å². The van der Waals surface area contributed by atoms with E-state index >= 15 is 0 Å². The van der Waals surface area contributed by atoms with Crippen LogP contribution in [0.3, 0.4) is 0 Å². The highest BCUT2D eigenvalue weighted by Gasteiger charge is 2.14. The maximum atomic E-state index is 5.68. The van der Waals surface area contributed by atoms with E-state index < -0.39 is 6.29 Å². The summed E-state index contributed by atoms with van der Waals surface area (Å²) in [5.74, 6) is 0. The minimum absolute atomic E-state index is 0.00937. The lowest BCUT2D eigenvalue weighted by molar-refractivity contribution is 0.363. The SMILES string of the molecule is CCC(C)(CN)N[CH-]CC(C)NC(N)N. The highest BCUT2D eigenvalue weighted by molar-refractivity contribution is 4.87. The predicted octanol–water partition coefficient (Wildman–Crippen LogP) is -0.566. The number of nitrogens with one attached hydrogen (secondary N) is 2. The molecule has 0 aliphatic rings. The van der Waals surface area contributed by atoms with Crippen LogP contribution >= 0.6 is 0 Å². The fraction of sp³-hybridized carbons (Fsp3) is 0.900. The van der Waals surface area contributed by atoms with E-state index in [2.05, 4.69) is 24.5 Å². The van der Waals surface area contributed by atoms with Gasteiger partial charge in [-0.1, -0.05) is 13.8 Å². The van der Waals surface area contributed by atoms with E-state index in [1.807, 2.05) is 13.5 Å². The summed E-state index contributed by atoms with van der Waals surface area (Å²) in [5, 5.41) is 6.35. The summed E-state index contributed by atoms with van der Waals surface area (Å²) < 4.78 is 0. The van der Waals surface area contributed by atoms with Crippen LogP contribution in [0.15, 0.2) is 0 Å². The number of rotatable bonds is 8. The first kappa shape index (κ1) is 14.8. The smallest absolute Gasteiger partial charge is 0.106 e. The van der Waals surface area contributed by atoms with Crippen molar-refractivity contribution in [2.75, 3.05) is 6.54 Å². The van der Waals surface area contributed by atoms with E-state index in [0.717, 1.165) is 12.8 Å². The molecule has 15 heavy (non-hydrogen) atoms. The molecule has 5 heteroatoms. The maximum Gasteiger partial charge on any atom is 0.106 e. The van der Waals surface area contributed by atoms with Gasteiger partial charge in [0.25, 0.3) is 0 Å². The summed E-state index contributed by atoms with van der Waals surface area (Å²) in [7, 11) is 0. The molecule has 0 aliphatic heterocycles. The van der Waals surface area contributed by atoms with Crippen LogP contribution in [0, 0.1) is 6.54 Å². The molecule has 0 spiro atoms. The zero-order valence-corrected chi connectivity index (χ0v) is 10.1. The van der Waals surface area contributed by atoms with Crippen molar-refractivity contribution in [2.45, 2.75) is 51.5 Å². The molecule has 8 N–H and O–H groups in total. The Kier molecular flexibility index (Phi) is 7.04. The van der Waals surface area contributed by atoms with Gasteiger partial charge in [-0.05, 0) is 19.4 Å². The molecule has 0 aromatic carbocycles. The average molecular weight is 216 g/mol. The van der Waals surface area contributed by atoms with Crippen LogP contribution in [0.1, 0.15) is 33.6 Å². The van der Waals surface area contributed by atoms with Crippen LogP contribution in [-0.4, -0.2) is 24.4 Å². The Balaban J connectivity index is 3.68. The van der Waals surface area contributed by atoms with Crippen LogP contribution in [0.5, 0.6) is 0 Å². The van der Waals surface area contributed by atoms with Crippen LogP contribution < -0.4 is 27.8 Å². The molecule has 0 saturated heterocycles. The molecule has 0 fully saturated rings. The largest absolute Gasteiger partial charge is 0.464 e. The van der Waals surface area contributed by atoms with E-state index in [0.29, 0.717) is 6.54 Å². The van der Waals surface area contributed by atoms with Crippen molar-refractivity contribution in [1.82, 2.24) is 10.6 Å². The summed E-state index contributed by atoms with van der Waals surface area (Å²) in [6.45, 7) is 8.91. The monoisotopic (exact) mass is 216 g/mol. The summed E-state index contributed by atoms with van der Waals surface area (Å²) in [4.78, 5) is 0. The van der Waals surface area contributed by atoms with E-state index in [4.69, 9.17) is 17.2 Å². The molecule has 0 heterocycles. The van der Waals surface area contributed by atoms with Gasteiger partial charge in [0.2, 0.25) is 0 Å².